The minimum Gasteiger partial charge on any atom is -0.490 e. The first-order valence-electron chi connectivity index (χ1n) is 5.85. The highest BCUT2D eigenvalue weighted by Gasteiger charge is 2.03. The lowest BCUT2D eigenvalue weighted by atomic mass is 10.3. The van der Waals surface area contributed by atoms with Crippen molar-refractivity contribution < 1.29 is 4.74 Å². The Labute approximate surface area is 116 Å². The maximum atomic E-state index is 5.89. The predicted octanol–water partition coefficient (Wildman–Crippen LogP) is 3.85. The number of thiophene rings is 1. The Bertz CT molecular complexity index is 501. The summed E-state index contributed by atoms with van der Waals surface area (Å²) in [5, 5.41) is 3.28. The number of hydrogen-bond donors (Lipinski definition) is 1. The average Bonchev–Trinajstić information content (AvgIpc) is 2.78. The zero-order chi connectivity index (χ0) is 12.8. The first kappa shape index (κ1) is 13.2. The first-order valence-corrected chi connectivity index (χ1v) is 7.05. The quantitative estimate of drug-likeness (QED) is 0.874. The summed E-state index contributed by atoms with van der Waals surface area (Å²) in [6, 6.07) is 7.76. The van der Waals surface area contributed by atoms with Gasteiger partial charge in [0.1, 0.15) is 0 Å². The SMILES string of the molecule is CCOc1cccnc1NCCc1ccc(Cl)s1. The van der Waals surface area contributed by atoms with Gasteiger partial charge in [0.25, 0.3) is 0 Å². The van der Waals surface area contributed by atoms with Crippen LogP contribution in [0.15, 0.2) is 30.5 Å². The summed E-state index contributed by atoms with van der Waals surface area (Å²) in [6.45, 7) is 3.42. The van der Waals surface area contributed by atoms with E-state index >= 15 is 0 Å². The zero-order valence-electron chi connectivity index (χ0n) is 10.1. The molecule has 0 radical (unpaired) electrons. The van der Waals surface area contributed by atoms with E-state index in [2.05, 4.69) is 16.4 Å². The van der Waals surface area contributed by atoms with Gasteiger partial charge in [0.05, 0.1) is 10.9 Å². The monoisotopic (exact) mass is 282 g/mol. The molecule has 1 N–H and O–H groups in total. The maximum absolute atomic E-state index is 5.89. The number of pyridine rings is 1. The molecule has 0 amide bonds. The molecule has 2 rings (SSSR count). The van der Waals surface area contributed by atoms with Crippen molar-refractivity contribution in [2.24, 2.45) is 0 Å². The molecule has 0 atom stereocenters. The third-order valence-electron chi connectivity index (χ3n) is 2.36. The molecule has 18 heavy (non-hydrogen) atoms. The van der Waals surface area contributed by atoms with Gasteiger partial charge in [-0.1, -0.05) is 11.6 Å². The second kappa shape index (κ2) is 6.61. The Morgan fingerprint density at radius 1 is 1.39 bits per heavy atom. The van der Waals surface area contributed by atoms with Crippen LogP contribution >= 0.6 is 22.9 Å². The topological polar surface area (TPSA) is 34.1 Å². The molecule has 0 bridgehead atoms. The lowest BCUT2D eigenvalue weighted by Gasteiger charge is -2.10. The molecule has 0 aliphatic rings. The summed E-state index contributed by atoms with van der Waals surface area (Å²) in [5.74, 6) is 1.59. The van der Waals surface area contributed by atoms with E-state index in [1.807, 2.05) is 25.1 Å². The fourth-order valence-electron chi connectivity index (χ4n) is 1.59. The lowest BCUT2D eigenvalue weighted by molar-refractivity contribution is 0.340. The van der Waals surface area contributed by atoms with Crippen LogP contribution in [-0.2, 0) is 6.42 Å². The van der Waals surface area contributed by atoms with Gasteiger partial charge in [-0.15, -0.1) is 11.3 Å². The molecule has 2 aromatic heterocycles. The number of halogens is 1. The lowest BCUT2D eigenvalue weighted by Crippen LogP contribution is -2.07. The first-order chi connectivity index (χ1) is 8.79. The Hall–Kier alpha value is -1.26. The van der Waals surface area contributed by atoms with E-state index in [0.717, 1.165) is 28.9 Å². The molecule has 0 unspecified atom stereocenters. The number of nitrogens with zero attached hydrogens (tertiary/aromatic N) is 1. The van der Waals surface area contributed by atoms with Gasteiger partial charge < -0.3 is 10.1 Å². The second-order valence-electron chi connectivity index (χ2n) is 3.67. The van der Waals surface area contributed by atoms with E-state index in [9.17, 15) is 0 Å². The molecule has 2 heterocycles. The predicted molar refractivity (Wildman–Crippen MR) is 76.9 cm³/mol. The number of nitrogens with one attached hydrogen (secondary N) is 1. The van der Waals surface area contributed by atoms with E-state index in [0.29, 0.717) is 6.61 Å². The number of rotatable bonds is 6. The molecular weight excluding hydrogens is 268 g/mol. The summed E-state index contributed by atoms with van der Waals surface area (Å²) < 4.78 is 6.33. The number of aromatic nitrogens is 1. The fraction of sp³-hybridized carbons (Fsp3) is 0.308. The van der Waals surface area contributed by atoms with Crippen molar-refractivity contribution >= 4 is 28.8 Å². The number of ether oxygens (including phenoxy) is 1. The van der Waals surface area contributed by atoms with Crippen LogP contribution in [0.5, 0.6) is 5.75 Å². The van der Waals surface area contributed by atoms with Gasteiger partial charge in [-0.3, -0.25) is 0 Å². The molecule has 0 saturated heterocycles. The van der Waals surface area contributed by atoms with Crippen LogP contribution in [-0.4, -0.2) is 18.1 Å². The van der Waals surface area contributed by atoms with Gasteiger partial charge in [0, 0.05) is 17.6 Å². The molecule has 0 fully saturated rings. The van der Waals surface area contributed by atoms with Crippen molar-refractivity contribution in [2.45, 2.75) is 13.3 Å². The molecule has 0 aliphatic carbocycles. The largest absolute Gasteiger partial charge is 0.490 e. The minimum absolute atomic E-state index is 0.640. The van der Waals surface area contributed by atoms with Crippen LogP contribution in [0.4, 0.5) is 5.82 Å². The Morgan fingerprint density at radius 3 is 3.00 bits per heavy atom. The van der Waals surface area contributed by atoms with Gasteiger partial charge in [0.15, 0.2) is 11.6 Å². The fourth-order valence-corrected chi connectivity index (χ4v) is 2.67. The maximum Gasteiger partial charge on any atom is 0.168 e. The molecule has 0 saturated carbocycles. The second-order valence-corrected chi connectivity index (χ2v) is 5.47. The molecule has 2 aromatic rings. The summed E-state index contributed by atoms with van der Waals surface area (Å²) in [4.78, 5) is 5.54. The highest BCUT2D eigenvalue weighted by molar-refractivity contribution is 7.16. The highest BCUT2D eigenvalue weighted by Crippen LogP contribution is 2.23. The van der Waals surface area contributed by atoms with E-state index in [1.165, 1.54) is 4.88 Å². The molecule has 0 aromatic carbocycles. The van der Waals surface area contributed by atoms with E-state index < -0.39 is 0 Å². The van der Waals surface area contributed by atoms with Crippen LogP contribution in [0.25, 0.3) is 0 Å². The number of anilines is 1. The van der Waals surface area contributed by atoms with Crippen molar-refractivity contribution in [1.82, 2.24) is 4.98 Å². The van der Waals surface area contributed by atoms with Gasteiger partial charge in [-0.2, -0.15) is 0 Å². The molecule has 0 spiro atoms. The summed E-state index contributed by atoms with van der Waals surface area (Å²) in [7, 11) is 0. The van der Waals surface area contributed by atoms with Gasteiger partial charge >= 0.3 is 0 Å². The van der Waals surface area contributed by atoms with Crippen molar-refractivity contribution in [3.63, 3.8) is 0 Å². The molecule has 96 valence electrons. The van der Waals surface area contributed by atoms with Crippen molar-refractivity contribution in [3.05, 3.63) is 39.7 Å². The summed E-state index contributed by atoms with van der Waals surface area (Å²) in [6.07, 6.45) is 2.69. The van der Waals surface area contributed by atoms with E-state index in [4.69, 9.17) is 16.3 Å². The van der Waals surface area contributed by atoms with Crippen LogP contribution in [0.1, 0.15) is 11.8 Å². The van der Waals surface area contributed by atoms with Crippen molar-refractivity contribution in [1.29, 1.82) is 0 Å². The number of hydrogen-bond acceptors (Lipinski definition) is 4. The van der Waals surface area contributed by atoms with Gasteiger partial charge in [0.2, 0.25) is 0 Å². The average molecular weight is 283 g/mol. The normalized spacial score (nSPS) is 10.3. The molecule has 0 aliphatic heterocycles. The van der Waals surface area contributed by atoms with Gasteiger partial charge in [-0.25, -0.2) is 4.98 Å². The molecule has 5 heteroatoms. The van der Waals surface area contributed by atoms with E-state index in [-0.39, 0.29) is 0 Å². The van der Waals surface area contributed by atoms with Crippen molar-refractivity contribution in [3.8, 4) is 5.75 Å². The van der Waals surface area contributed by atoms with Crippen LogP contribution in [0.2, 0.25) is 4.34 Å². The summed E-state index contributed by atoms with van der Waals surface area (Å²) in [5.41, 5.74) is 0. The molecular formula is C13H15ClN2OS. The van der Waals surface area contributed by atoms with Crippen LogP contribution < -0.4 is 10.1 Å². The smallest absolute Gasteiger partial charge is 0.168 e. The Kier molecular flexibility index (Phi) is 4.84. The third-order valence-corrected chi connectivity index (χ3v) is 3.65. The Morgan fingerprint density at radius 2 is 2.28 bits per heavy atom. The van der Waals surface area contributed by atoms with Gasteiger partial charge in [-0.05, 0) is 37.6 Å². The Balaban J connectivity index is 1.89. The molecule has 3 nitrogen and oxygen atoms in total. The third kappa shape index (κ3) is 3.62. The standard InChI is InChI=1S/C13H15ClN2OS/c1-2-17-11-4-3-8-15-13(11)16-9-7-10-5-6-12(14)18-10/h3-6,8H,2,7,9H2,1H3,(H,15,16). The van der Waals surface area contributed by atoms with E-state index in [1.54, 1.807) is 17.5 Å². The minimum atomic E-state index is 0.640. The highest BCUT2D eigenvalue weighted by atomic mass is 35.5. The van der Waals surface area contributed by atoms with Crippen molar-refractivity contribution in [2.75, 3.05) is 18.5 Å². The zero-order valence-corrected chi connectivity index (χ0v) is 11.7. The van der Waals surface area contributed by atoms with Crippen LogP contribution in [0, 0.1) is 0 Å². The summed E-state index contributed by atoms with van der Waals surface area (Å²) >= 11 is 7.50. The van der Waals surface area contributed by atoms with Crippen LogP contribution in [0.3, 0.4) is 0 Å².